The van der Waals surface area contributed by atoms with Crippen LogP contribution in [0.2, 0.25) is 0 Å². The van der Waals surface area contributed by atoms with Gasteiger partial charge in [-0.05, 0) is 81.6 Å². The van der Waals surface area contributed by atoms with Crippen LogP contribution in [-0.2, 0) is 23.7 Å². The van der Waals surface area contributed by atoms with Crippen molar-refractivity contribution >= 4 is 12.2 Å². The van der Waals surface area contributed by atoms with Crippen molar-refractivity contribution in [2.45, 2.75) is 120 Å². The van der Waals surface area contributed by atoms with Crippen molar-refractivity contribution < 1.29 is 44.3 Å². The summed E-state index contributed by atoms with van der Waals surface area (Å²) in [6, 6.07) is 0. The summed E-state index contributed by atoms with van der Waals surface area (Å²) in [5.74, 6) is -0.319. The Bertz CT molecular complexity index is 1070. The predicted octanol–water partition coefficient (Wildman–Crippen LogP) is 2.69. The van der Waals surface area contributed by atoms with E-state index in [9.17, 15) is 25.3 Å². The summed E-state index contributed by atoms with van der Waals surface area (Å²) in [4.78, 5) is 11.8. The van der Waals surface area contributed by atoms with Gasteiger partial charge in [-0.25, -0.2) is 4.79 Å². The van der Waals surface area contributed by atoms with Gasteiger partial charge in [0.25, 0.3) is 0 Å². The zero-order valence-electron chi connectivity index (χ0n) is 23.8. The van der Waals surface area contributed by atoms with Crippen molar-refractivity contribution in [3.63, 3.8) is 0 Å². The summed E-state index contributed by atoms with van der Waals surface area (Å²) in [5.41, 5.74) is -2.28. The fraction of sp³-hybridized carbons (Fsp3) is 0.867. The molecule has 2 aliphatic heterocycles. The Morgan fingerprint density at radius 1 is 1.10 bits per heavy atom. The highest BCUT2D eigenvalue weighted by molar-refractivity contribution is 5.85. The molecule has 6 aliphatic rings. The third-order valence-electron chi connectivity index (χ3n) is 12.2. The standard InChI is InChI=1S/C30H45NO9/c1-17-26(33)23(37-3)13-25(39-17)40-19-4-9-28(16-31-36)21-5-8-27(2)20(18-12-24(32)38-15-18)7-11-30(27,35)22(21)6-10-29(28,34)14-19/h12,16-17,19-23,25-26,33-36H,4-11,13-15H2,1-3H3/b31-16+/t17?,19?,20?,21?,22?,23?,25?,26?,27-,28+,29?,30?/m1/s1. The molecule has 12 atom stereocenters. The molecule has 2 heterocycles. The van der Waals surface area contributed by atoms with Crippen molar-refractivity contribution in [2.24, 2.45) is 33.7 Å². The van der Waals surface area contributed by atoms with Crippen LogP contribution in [0.5, 0.6) is 0 Å². The van der Waals surface area contributed by atoms with Gasteiger partial charge in [0.2, 0.25) is 0 Å². The van der Waals surface area contributed by atoms with Gasteiger partial charge in [-0.1, -0.05) is 6.92 Å². The molecular formula is C30H45NO9. The summed E-state index contributed by atoms with van der Waals surface area (Å²) in [5, 5.41) is 48.5. The largest absolute Gasteiger partial charge is 0.458 e. The number of aliphatic hydroxyl groups is 3. The maximum absolute atomic E-state index is 12.5. The fourth-order valence-electron chi connectivity index (χ4n) is 10.1. The number of cyclic esters (lactones) is 1. The Balaban J connectivity index is 1.23. The maximum atomic E-state index is 12.5. The first-order chi connectivity index (χ1) is 19.0. The SMILES string of the molecule is COC1CC(OC2CC[C@]3(/C=N/O)C4CC[C@]5(C)C(C6=CC(=O)OC6)CCC5(O)C4CCC3(O)C2)OC(C)C1O. The number of esters is 1. The molecule has 4 aliphatic carbocycles. The second-order valence-electron chi connectivity index (χ2n) is 13.6. The molecule has 0 aromatic heterocycles. The number of rotatable bonds is 5. The van der Waals surface area contributed by atoms with E-state index in [4.69, 9.17) is 18.9 Å². The molecular weight excluding hydrogens is 518 g/mol. The van der Waals surface area contributed by atoms with E-state index in [0.29, 0.717) is 51.6 Å². The van der Waals surface area contributed by atoms with Gasteiger partial charge in [0.1, 0.15) is 12.7 Å². The number of oxime groups is 1. The second-order valence-corrected chi connectivity index (χ2v) is 13.6. The quantitative estimate of drug-likeness (QED) is 0.130. The molecule has 0 aromatic carbocycles. The number of aliphatic hydroxyl groups excluding tert-OH is 1. The zero-order chi connectivity index (χ0) is 28.5. The normalized spacial score (nSPS) is 52.5. The summed E-state index contributed by atoms with van der Waals surface area (Å²) < 4.78 is 23.0. The highest BCUT2D eigenvalue weighted by atomic mass is 16.7. The number of hydrogen-bond acceptors (Lipinski definition) is 10. The Labute approximate surface area is 235 Å². The smallest absolute Gasteiger partial charge is 0.331 e. The van der Waals surface area contributed by atoms with Gasteiger partial charge in [0, 0.05) is 36.9 Å². The van der Waals surface area contributed by atoms with Crippen LogP contribution in [0.1, 0.15) is 78.1 Å². The number of fused-ring (bicyclic) bond motifs is 5. The number of carbonyl (C=O) groups excluding carboxylic acids is 1. The molecule has 10 nitrogen and oxygen atoms in total. The lowest BCUT2D eigenvalue weighted by Crippen LogP contribution is -2.69. The lowest BCUT2D eigenvalue weighted by Gasteiger charge is -2.65. The molecule has 5 fully saturated rings. The van der Waals surface area contributed by atoms with Crippen LogP contribution >= 0.6 is 0 Å². The van der Waals surface area contributed by atoms with E-state index >= 15 is 0 Å². The highest BCUT2D eigenvalue weighted by Crippen LogP contribution is 2.70. The Kier molecular flexibility index (Phi) is 7.15. The van der Waals surface area contributed by atoms with Crippen molar-refractivity contribution in [2.75, 3.05) is 13.7 Å². The van der Waals surface area contributed by atoms with Gasteiger partial charge >= 0.3 is 5.97 Å². The molecule has 0 amide bonds. The molecule has 4 saturated carbocycles. The monoisotopic (exact) mass is 563 g/mol. The minimum atomic E-state index is -1.15. The minimum Gasteiger partial charge on any atom is -0.458 e. The first-order valence-corrected chi connectivity index (χ1v) is 15.0. The third-order valence-corrected chi connectivity index (χ3v) is 12.2. The summed E-state index contributed by atoms with van der Waals surface area (Å²) in [6.07, 6.45) is 6.96. The summed E-state index contributed by atoms with van der Waals surface area (Å²) in [7, 11) is 1.57. The van der Waals surface area contributed by atoms with E-state index in [0.717, 1.165) is 24.8 Å². The number of methoxy groups -OCH3 is 1. The van der Waals surface area contributed by atoms with Gasteiger partial charge < -0.3 is 39.5 Å². The van der Waals surface area contributed by atoms with Gasteiger partial charge in [-0.3, -0.25) is 0 Å². The van der Waals surface area contributed by atoms with Crippen LogP contribution in [0.25, 0.3) is 0 Å². The van der Waals surface area contributed by atoms with Gasteiger partial charge in [-0.15, -0.1) is 5.16 Å². The van der Waals surface area contributed by atoms with E-state index in [1.54, 1.807) is 26.3 Å². The predicted molar refractivity (Wildman–Crippen MR) is 142 cm³/mol. The van der Waals surface area contributed by atoms with E-state index in [2.05, 4.69) is 12.1 Å². The molecule has 40 heavy (non-hydrogen) atoms. The zero-order valence-corrected chi connectivity index (χ0v) is 23.8. The second kappa shape index (κ2) is 10.0. The van der Waals surface area contributed by atoms with Crippen LogP contribution in [0.4, 0.5) is 0 Å². The molecule has 4 N–H and O–H groups in total. The lowest BCUT2D eigenvalue weighted by atomic mass is 9.41. The van der Waals surface area contributed by atoms with Crippen LogP contribution in [0, 0.1) is 28.6 Å². The number of carbonyl (C=O) groups is 1. The van der Waals surface area contributed by atoms with Crippen LogP contribution < -0.4 is 0 Å². The topological polar surface area (TPSA) is 147 Å². The number of ether oxygens (including phenoxy) is 4. The molecule has 10 unspecified atom stereocenters. The van der Waals surface area contributed by atoms with Crippen LogP contribution in [-0.4, -0.2) is 88.3 Å². The molecule has 0 bridgehead atoms. The Morgan fingerprint density at radius 2 is 1.88 bits per heavy atom. The Morgan fingerprint density at radius 3 is 2.58 bits per heavy atom. The summed E-state index contributed by atoms with van der Waals surface area (Å²) in [6.45, 7) is 4.27. The summed E-state index contributed by atoms with van der Waals surface area (Å²) >= 11 is 0. The van der Waals surface area contributed by atoms with E-state index in [1.165, 1.54) is 0 Å². The highest BCUT2D eigenvalue weighted by Gasteiger charge is 2.71. The van der Waals surface area contributed by atoms with Crippen LogP contribution in [0.3, 0.4) is 0 Å². The lowest BCUT2D eigenvalue weighted by molar-refractivity contribution is -0.284. The van der Waals surface area contributed by atoms with Crippen molar-refractivity contribution in [3.05, 3.63) is 11.6 Å². The maximum Gasteiger partial charge on any atom is 0.331 e. The molecule has 0 spiro atoms. The van der Waals surface area contributed by atoms with Gasteiger partial charge in [0.15, 0.2) is 6.29 Å². The molecule has 0 radical (unpaired) electrons. The van der Waals surface area contributed by atoms with Crippen molar-refractivity contribution in [1.29, 1.82) is 0 Å². The number of nitrogens with zero attached hydrogens (tertiary/aromatic N) is 1. The van der Waals surface area contributed by atoms with E-state index in [-0.39, 0.29) is 35.9 Å². The molecule has 0 aromatic rings. The average Bonchev–Trinajstić information content (AvgIpc) is 3.46. The first-order valence-electron chi connectivity index (χ1n) is 15.0. The van der Waals surface area contributed by atoms with E-state index in [1.807, 2.05) is 0 Å². The molecule has 10 heteroatoms. The number of hydrogen-bond donors (Lipinski definition) is 4. The average molecular weight is 564 g/mol. The molecule has 1 saturated heterocycles. The van der Waals surface area contributed by atoms with Gasteiger partial charge in [0.05, 0.1) is 35.7 Å². The first kappa shape index (κ1) is 28.6. The molecule has 6 rings (SSSR count). The Hall–Kier alpha value is -1.56. The molecule has 224 valence electrons. The van der Waals surface area contributed by atoms with Crippen LogP contribution in [0.15, 0.2) is 16.8 Å². The van der Waals surface area contributed by atoms with Crippen molar-refractivity contribution in [1.82, 2.24) is 0 Å². The fourth-order valence-corrected chi connectivity index (χ4v) is 10.1. The van der Waals surface area contributed by atoms with Crippen molar-refractivity contribution in [3.8, 4) is 0 Å². The van der Waals surface area contributed by atoms with E-state index < -0.39 is 40.5 Å². The minimum absolute atomic E-state index is 0.0469. The van der Waals surface area contributed by atoms with Gasteiger partial charge in [-0.2, -0.15) is 0 Å². The third kappa shape index (κ3) is 4.04.